The van der Waals surface area contributed by atoms with Gasteiger partial charge in [0.1, 0.15) is 0 Å². The van der Waals surface area contributed by atoms with Gasteiger partial charge in [-0.15, -0.1) is 22.0 Å². The molecule has 1 aromatic carbocycles. The summed E-state index contributed by atoms with van der Waals surface area (Å²) in [5.41, 5.74) is 1.15. The van der Waals surface area contributed by atoms with Crippen LogP contribution in [0.25, 0.3) is 0 Å². The van der Waals surface area contributed by atoms with Crippen LogP contribution in [0.1, 0.15) is 36.1 Å². The Kier molecular flexibility index (Phi) is 5.85. The number of carbonyl (C=O) groups is 1. The average Bonchev–Trinajstić information content (AvgIpc) is 3.13. The summed E-state index contributed by atoms with van der Waals surface area (Å²) in [5, 5.41) is 6.59. The molecule has 0 spiro atoms. The maximum Gasteiger partial charge on any atom is 0.470 e. The topological polar surface area (TPSA) is 59.2 Å². The van der Waals surface area contributed by atoms with Crippen LogP contribution in [0.3, 0.4) is 0 Å². The normalized spacial score (nSPS) is 18.1. The van der Waals surface area contributed by atoms with Crippen molar-refractivity contribution in [3.05, 3.63) is 47.7 Å². The highest BCUT2D eigenvalue weighted by Gasteiger charge is 2.39. The molecule has 2 heterocycles. The summed E-state index contributed by atoms with van der Waals surface area (Å²) in [6, 6.07) is 9.85. The van der Waals surface area contributed by atoms with Crippen LogP contribution in [0.2, 0.25) is 0 Å². The molecule has 0 aliphatic carbocycles. The zero-order chi connectivity index (χ0) is 18.6. The molecule has 26 heavy (non-hydrogen) atoms. The van der Waals surface area contributed by atoms with Gasteiger partial charge in [-0.3, -0.25) is 4.79 Å². The molecule has 0 N–H and O–H groups in total. The molecule has 0 bridgehead atoms. The van der Waals surface area contributed by atoms with Crippen molar-refractivity contribution in [3.8, 4) is 0 Å². The highest BCUT2D eigenvalue weighted by atomic mass is 32.2. The van der Waals surface area contributed by atoms with E-state index < -0.39 is 12.1 Å². The quantitative estimate of drug-likeness (QED) is 0.785. The fourth-order valence-corrected chi connectivity index (χ4v) is 3.73. The molecule has 2 aromatic rings. The minimum atomic E-state index is -4.65. The van der Waals surface area contributed by atoms with Crippen molar-refractivity contribution in [3.63, 3.8) is 0 Å². The van der Waals surface area contributed by atoms with Crippen LogP contribution in [0, 0.1) is 0 Å². The molecular weight excluding hydrogens is 367 g/mol. The van der Waals surface area contributed by atoms with E-state index in [1.165, 1.54) is 11.8 Å². The Morgan fingerprint density at radius 3 is 2.73 bits per heavy atom. The van der Waals surface area contributed by atoms with Gasteiger partial charge in [0.2, 0.25) is 11.8 Å². The zero-order valence-electron chi connectivity index (χ0n) is 13.9. The van der Waals surface area contributed by atoms with E-state index in [9.17, 15) is 18.0 Å². The third kappa shape index (κ3) is 4.78. The molecule has 140 valence electrons. The Balaban J connectivity index is 1.52. The van der Waals surface area contributed by atoms with Gasteiger partial charge in [0.05, 0.1) is 11.7 Å². The van der Waals surface area contributed by atoms with Crippen LogP contribution in [-0.2, 0) is 16.7 Å². The van der Waals surface area contributed by atoms with Crippen LogP contribution < -0.4 is 0 Å². The predicted molar refractivity (Wildman–Crippen MR) is 90.5 cm³/mol. The molecule has 1 amide bonds. The fourth-order valence-electron chi connectivity index (χ4n) is 2.84. The predicted octanol–water partition coefficient (Wildman–Crippen LogP) is 3.73. The fraction of sp³-hybridized carbons (Fsp3) is 0.471. The van der Waals surface area contributed by atoms with Gasteiger partial charge in [-0.05, 0) is 18.4 Å². The summed E-state index contributed by atoms with van der Waals surface area (Å²) < 4.78 is 42.5. The van der Waals surface area contributed by atoms with E-state index >= 15 is 0 Å². The molecule has 0 saturated carbocycles. The number of halogens is 3. The SMILES string of the molecule is O=C(CSCc1ccccc1)N1CCCC(c2nnc(C(F)(F)F)o2)C1. The summed E-state index contributed by atoms with van der Waals surface area (Å²) >= 11 is 1.52. The van der Waals surface area contributed by atoms with Gasteiger partial charge in [0.25, 0.3) is 0 Å². The van der Waals surface area contributed by atoms with E-state index in [2.05, 4.69) is 10.2 Å². The van der Waals surface area contributed by atoms with Crippen LogP contribution in [0.15, 0.2) is 34.7 Å². The Labute approximate surface area is 153 Å². The van der Waals surface area contributed by atoms with Crippen LogP contribution in [0.4, 0.5) is 13.2 Å². The van der Waals surface area contributed by atoms with Gasteiger partial charge in [-0.1, -0.05) is 30.3 Å². The molecule has 1 saturated heterocycles. The van der Waals surface area contributed by atoms with E-state index in [1.807, 2.05) is 30.3 Å². The minimum Gasteiger partial charge on any atom is -0.417 e. The average molecular weight is 385 g/mol. The number of thioether (sulfide) groups is 1. The molecular formula is C17H18F3N3O2S. The second kappa shape index (κ2) is 8.11. The Morgan fingerprint density at radius 2 is 2.04 bits per heavy atom. The summed E-state index contributed by atoms with van der Waals surface area (Å²) in [6.07, 6.45) is -3.33. The maximum atomic E-state index is 12.6. The van der Waals surface area contributed by atoms with Gasteiger partial charge < -0.3 is 9.32 Å². The lowest BCUT2D eigenvalue weighted by Gasteiger charge is -2.31. The van der Waals surface area contributed by atoms with E-state index in [-0.39, 0.29) is 17.7 Å². The van der Waals surface area contributed by atoms with Gasteiger partial charge in [-0.25, -0.2) is 0 Å². The first-order valence-corrected chi connectivity index (χ1v) is 9.39. The summed E-state index contributed by atoms with van der Waals surface area (Å²) in [6.45, 7) is 0.908. The number of amides is 1. The Bertz CT molecular complexity index is 736. The first-order valence-electron chi connectivity index (χ1n) is 8.23. The zero-order valence-corrected chi connectivity index (χ0v) is 14.7. The highest BCUT2D eigenvalue weighted by Crippen LogP contribution is 2.32. The minimum absolute atomic E-state index is 0.0220. The van der Waals surface area contributed by atoms with E-state index in [0.717, 1.165) is 11.3 Å². The lowest BCUT2D eigenvalue weighted by Crippen LogP contribution is -2.40. The largest absolute Gasteiger partial charge is 0.470 e. The summed E-state index contributed by atoms with van der Waals surface area (Å²) in [7, 11) is 0. The van der Waals surface area contributed by atoms with Crippen molar-refractivity contribution in [1.82, 2.24) is 15.1 Å². The second-order valence-electron chi connectivity index (χ2n) is 6.10. The van der Waals surface area contributed by atoms with Crippen molar-refractivity contribution in [2.45, 2.75) is 30.7 Å². The standard InChI is InChI=1S/C17H18F3N3O2S/c18-17(19,20)16-22-21-15(25-16)13-7-4-8-23(9-13)14(24)11-26-10-12-5-2-1-3-6-12/h1-3,5-6,13H,4,7-11H2. The number of hydrogen-bond acceptors (Lipinski definition) is 5. The smallest absolute Gasteiger partial charge is 0.417 e. The number of piperidine rings is 1. The summed E-state index contributed by atoms with van der Waals surface area (Å²) in [5.74, 6) is -0.690. The van der Waals surface area contributed by atoms with E-state index in [0.29, 0.717) is 31.7 Å². The molecule has 9 heteroatoms. The third-order valence-electron chi connectivity index (χ3n) is 4.14. The van der Waals surface area contributed by atoms with E-state index in [4.69, 9.17) is 4.42 Å². The molecule has 1 aliphatic heterocycles. The molecule has 5 nitrogen and oxygen atoms in total. The van der Waals surface area contributed by atoms with Crippen molar-refractivity contribution in [2.75, 3.05) is 18.8 Å². The third-order valence-corrected chi connectivity index (χ3v) is 5.13. The highest BCUT2D eigenvalue weighted by molar-refractivity contribution is 7.99. The number of carbonyl (C=O) groups excluding carboxylic acids is 1. The molecule has 1 aliphatic rings. The number of aromatic nitrogens is 2. The van der Waals surface area contributed by atoms with Crippen molar-refractivity contribution in [1.29, 1.82) is 0 Å². The van der Waals surface area contributed by atoms with Crippen LogP contribution in [-0.4, -0.2) is 39.8 Å². The first-order chi connectivity index (χ1) is 12.4. The van der Waals surface area contributed by atoms with Gasteiger partial charge in [0, 0.05) is 18.8 Å². The second-order valence-corrected chi connectivity index (χ2v) is 7.09. The maximum absolute atomic E-state index is 12.6. The molecule has 1 atom stereocenters. The molecule has 1 fully saturated rings. The number of benzene rings is 1. The van der Waals surface area contributed by atoms with Crippen molar-refractivity contribution >= 4 is 17.7 Å². The molecule has 3 rings (SSSR count). The van der Waals surface area contributed by atoms with E-state index in [1.54, 1.807) is 4.90 Å². The lowest BCUT2D eigenvalue weighted by molar-refractivity contribution is -0.157. The summed E-state index contributed by atoms with van der Waals surface area (Å²) in [4.78, 5) is 14.1. The van der Waals surface area contributed by atoms with Crippen LogP contribution in [0.5, 0.6) is 0 Å². The van der Waals surface area contributed by atoms with Crippen molar-refractivity contribution in [2.24, 2.45) is 0 Å². The first kappa shape index (κ1) is 18.8. The van der Waals surface area contributed by atoms with Gasteiger partial charge >= 0.3 is 12.1 Å². The van der Waals surface area contributed by atoms with Crippen molar-refractivity contribution < 1.29 is 22.4 Å². The lowest BCUT2D eigenvalue weighted by atomic mass is 9.98. The number of hydrogen-bond donors (Lipinski definition) is 0. The number of rotatable bonds is 5. The Morgan fingerprint density at radius 1 is 1.27 bits per heavy atom. The Hall–Kier alpha value is -2.03. The van der Waals surface area contributed by atoms with Gasteiger partial charge in [-0.2, -0.15) is 13.2 Å². The number of likely N-dealkylation sites (tertiary alicyclic amines) is 1. The number of nitrogens with zero attached hydrogens (tertiary/aromatic N) is 3. The number of alkyl halides is 3. The van der Waals surface area contributed by atoms with Gasteiger partial charge in [0.15, 0.2) is 0 Å². The van der Waals surface area contributed by atoms with Crippen LogP contribution >= 0.6 is 11.8 Å². The molecule has 1 unspecified atom stereocenters. The monoisotopic (exact) mass is 385 g/mol. The molecule has 0 radical (unpaired) electrons. The molecule has 1 aromatic heterocycles.